The van der Waals surface area contributed by atoms with Crippen molar-refractivity contribution in [1.29, 1.82) is 0 Å². The lowest BCUT2D eigenvalue weighted by Gasteiger charge is -2.13. The normalized spacial score (nSPS) is 13.2. The lowest BCUT2D eigenvalue weighted by molar-refractivity contribution is -0.137. The van der Waals surface area contributed by atoms with Gasteiger partial charge in [0.25, 0.3) is 11.9 Å². The fraction of sp³-hybridized carbons (Fsp3) is 0.263. The van der Waals surface area contributed by atoms with E-state index in [9.17, 15) is 18.0 Å². The molecule has 0 spiro atoms. The summed E-state index contributed by atoms with van der Waals surface area (Å²) >= 11 is 0. The van der Waals surface area contributed by atoms with Crippen LogP contribution in [0, 0.1) is 0 Å². The number of halogens is 3. The first kappa shape index (κ1) is 19.5. The van der Waals surface area contributed by atoms with E-state index in [1.54, 1.807) is 6.92 Å². The van der Waals surface area contributed by atoms with Crippen LogP contribution in [0.15, 0.2) is 59.6 Å². The van der Waals surface area contributed by atoms with Gasteiger partial charge in [-0.05, 0) is 37.6 Å². The minimum Gasteiger partial charge on any atom is -0.465 e. The van der Waals surface area contributed by atoms with Gasteiger partial charge in [-0.15, -0.1) is 0 Å². The Labute approximate surface area is 149 Å². The van der Waals surface area contributed by atoms with Gasteiger partial charge in [-0.1, -0.05) is 36.4 Å². The molecule has 26 heavy (non-hydrogen) atoms. The number of carbonyl (C=O) groups excluding carboxylic acids is 1. The van der Waals surface area contributed by atoms with Gasteiger partial charge in [-0.2, -0.15) is 13.2 Å². The lowest BCUT2D eigenvalue weighted by Crippen LogP contribution is -2.33. The van der Waals surface area contributed by atoms with Crippen LogP contribution < -0.4 is 5.32 Å². The van der Waals surface area contributed by atoms with Gasteiger partial charge in [0.05, 0.1) is 18.2 Å². The topological polar surface area (TPSA) is 50.7 Å². The number of amidine groups is 1. The third-order valence-electron chi connectivity index (χ3n) is 3.55. The first-order chi connectivity index (χ1) is 12.3. The van der Waals surface area contributed by atoms with Crippen molar-refractivity contribution in [2.24, 2.45) is 4.99 Å². The van der Waals surface area contributed by atoms with Gasteiger partial charge < -0.3 is 4.74 Å². The molecule has 138 valence electrons. The van der Waals surface area contributed by atoms with Crippen molar-refractivity contribution < 1.29 is 22.7 Å². The lowest BCUT2D eigenvalue weighted by atomic mass is 10.1. The Kier molecular flexibility index (Phi) is 6.38. The zero-order chi connectivity index (χ0) is 19.2. The van der Waals surface area contributed by atoms with Crippen molar-refractivity contribution in [3.05, 3.63) is 71.3 Å². The highest BCUT2D eigenvalue weighted by molar-refractivity contribution is 6.04. The molecular formula is C19H19F3N2O2. The maximum atomic E-state index is 12.8. The van der Waals surface area contributed by atoms with E-state index in [0.29, 0.717) is 0 Å². The van der Waals surface area contributed by atoms with Crippen LogP contribution in [0.4, 0.5) is 13.2 Å². The number of hydrogen-bond donors (Lipinski definition) is 1. The smallest absolute Gasteiger partial charge is 0.416 e. The van der Waals surface area contributed by atoms with E-state index in [-0.39, 0.29) is 24.2 Å². The molecule has 0 unspecified atom stereocenters. The summed E-state index contributed by atoms with van der Waals surface area (Å²) in [6.45, 7) is 3.80. The Morgan fingerprint density at radius 3 is 2.46 bits per heavy atom. The third-order valence-corrected chi connectivity index (χ3v) is 3.55. The zero-order valence-electron chi connectivity index (χ0n) is 14.4. The summed E-state index contributed by atoms with van der Waals surface area (Å²) < 4.78 is 43.7. The van der Waals surface area contributed by atoms with E-state index in [1.807, 2.05) is 37.3 Å². The van der Waals surface area contributed by atoms with Crippen LogP contribution in [0.5, 0.6) is 0 Å². The van der Waals surface area contributed by atoms with Gasteiger partial charge in [0.15, 0.2) is 0 Å². The molecule has 2 aromatic carbocycles. The molecular weight excluding hydrogens is 345 g/mol. The minimum absolute atomic E-state index is 0.0359. The fourth-order valence-electron chi connectivity index (χ4n) is 2.23. The number of aliphatic imine (C=N–C) groups is 1. The van der Waals surface area contributed by atoms with Gasteiger partial charge in [-0.25, -0.2) is 4.99 Å². The Morgan fingerprint density at radius 2 is 1.85 bits per heavy atom. The van der Waals surface area contributed by atoms with E-state index in [1.165, 1.54) is 12.1 Å². The third kappa shape index (κ3) is 5.34. The molecule has 0 radical (unpaired) electrons. The number of carbonyl (C=O) groups is 1. The number of nitrogens with zero attached hydrogens (tertiary/aromatic N) is 1. The van der Waals surface area contributed by atoms with Crippen LogP contribution >= 0.6 is 0 Å². The highest BCUT2D eigenvalue weighted by Crippen LogP contribution is 2.29. The summed E-state index contributed by atoms with van der Waals surface area (Å²) in [4.78, 5) is 16.6. The summed E-state index contributed by atoms with van der Waals surface area (Å²) in [7, 11) is 0. The standard InChI is InChI=1S/C19H19F3N2O2/c1-3-26-18(23-13(2)14-8-5-4-6-9-14)24-17(25)15-10-7-11-16(12-15)19(20,21)22/h4-13H,3H2,1-2H3,(H,23,24,25)/t13-/m1/s1. The van der Waals surface area contributed by atoms with Gasteiger partial charge >= 0.3 is 6.18 Å². The van der Waals surface area contributed by atoms with Crippen molar-refractivity contribution in [2.75, 3.05) is 6.61 Å². The van der Waals surface area contributed by atoms with E-state index >= 15 is 0 Å². The van der Waals surface area contributed by atoms with Crippen LogP contribution in [0.1, 0.15) is 41.4 Å². The Bertz CT molecular complexity index is 774. The Hall–Kier alpha value is -2.83. The molecule has 0 heterocycles. The molecule has 1 atom stereocenters. The number of nitrogens with one attached hydrogen (secondary N) is 1. The second-order valence-corrected chi connectivity index (χ2v) is 5.49. The Balaban J connectivity index is 2.19. The number of hydrogen-bond acceptors (Lipinski definition) is 3. The predicted molar refractivity (Wildman–Crippen MR) is 92.8 cm³/mol. The molecule has 2 rings (SSSR count). The van der Waals surface area contributed by atoms with Crippen molar-refractivity contribution in [3.8, 4) is 0 Å². The molecule has 7 heteroatoms. The summed E-state index contributed by atoms with van der Waals surface area (Å²) in [5, 5.41) is 2.44. The molecule has 1 amide bonds. The fourth-order valence-corrected chi connectivity index (χ4v) is 2.23. The molecule has 0 aromatic heterocycles. The van der Waals surface area contributed by atoms with Crippen LogP contribution in [0.2, 0.25) is 0 Å². The number of benzene rings is 2. The molecule has 0 saturated heterocycles. The second-order valence-electron chi connectivity index (χ2n) is 5.49. The number of rotatable bonds is 4. The summed E-state index contributed by atoms with van der Waals surface area (Å²) in [6.07, 6.45) is -4.52. The average molecular weight is 364 g/mol. The minimum atomic E-state index is -4.52. The average Bonchev–Trinajstić information content (AvgIpc) is 2.62. The molecule has 0 saturated carbocycles. The quantitative estimate of drug-likeness (QED) is 0.637. The molecule has 0 aliphatic rings. The van der Waals surface area contributed by atoms with E-state index < -0.39 is 17.6 Å². The number of amides is 1. The van der Waals surface area contributed by atoms with Crippen LogP contribution in [-0.2, 0) is 10.9 Å². The molecule has 0 aliphatic heterocycles. The number of ether oxygens (including phenoxy) is 1. The largest absolute Gasteiger partial charge is 0.465 e. The van der Waals surface area contributed by atoms with Crippen molar-refractivity contribution in [1.82, 2.24) is 5.32 Å². The Morgan fingerprint density at radius 1 is 1.15 bits per heavy atom. The van der Waals surface area contributed by atoms with Crippen LogP contribution in [0.25, 0.3) is 0 Å². The number of alkyl halides is 3. The molecule has 2 aromatic rings. The first-order valence-corrected chi connectivity index (χ1v) is 8.05. The summed E-state index contributed by atoms with van der Waals surface area (Å²) in [6, 6.07) is 13.2. The van der Waals surface area contributed by atoms with Gasteiger partial charge in [0.1, 0.15) is 0 Å². The zero-order valence-corrected chi connectivity index (χ0v) is 14.4. The molecule has 0 bridgehead atoms. The molecule has 0 aliphatic carbocycles. The second kappa shape index (κ2) is 8.51. The highest BCUT2D eigenvalue weighted by atomic mass is 19.4. The summed E-state index contributed by atoms with van der Waals surface area (Å²) in [5.41, 5.74) is -0.102. The predicted octanol–water partition coefficient (Wildman–Crippen LogP) is 4.59. The molecule has 4 nitrogen and oxygen atoms in total. The maximum Gasteiger partial charge on any atom is 0.416 e. The highest BCUT2D eigenvalue weighted by Gasteiger charge is 2.31. The molecule has 0 fully saturated rings. The monoisotopic (exact) mass is 364 g/mol. The van der Waals surface area contributed by atoms with Crippen molar-refractivity contribution in [2.45, 2.75) is 26.1 Å². The van der Waals surface area contributed by atoms with Crippen molar-refractivity contribution >= 4 is 11.9 Å². The van der Waals surface area contributed by atoms with Crippen LogP contribution in [0.3, 0.4) is 0 Å². The van der Waals surface area contributed by atoms with Gasteiger partial charge in [0.2, 0.25) is 0 Å². The van der Waals surface area contributed by atoms with E-state index in [4.69, 9.17) is 4.74 Å². The van der Waals surface area contributed by atoms with Gasteiger partial charge in [-0.3, -0.25) is 10.1 Å². The van der Waals surface area contributed by atoms with E-state index in [0.717, 1.165) is 17.7 Å². The maximum absolute atomic E-state index is 12.8. The summed E-state index contributed by atoms with van der Waals surface area (Å²) in [5.74, 6) is -0.719. The van der Waals surface area contributed by atoms with Gasteiger partial charge in [0, 0.05) is 5.56 Å². The SMILES string of the molecule is CCOC(=N[C@H](C)c1ccccc1)NC(=O)c1cccc(C(F)(F)F)c1. The molecule has 1 N–H and O–H groups in total. The van der Waals surface area contributed by atoms with Crippen LogP contribution in [-0.4, -0.2) is 18.5 Å². The first-order valence-electron chi connectivity index (χ1n) is 8.05. The van der Waals surface area contributed by atoms with E-state index in [2.05, 4.69) is 10.3 Å². The van der Waals surface area contributed by atoms with Crippen molar-refractivity contribution in [3.63, 3.8) is 0 Å².